The lowest BCUT2D eigenvalue weighted by Crippen LogP contribution is -2.35. The first-order chi connectivity index (χ1) is 10.1. The van der Waals surface area contributed by atoms with Crippen LogP contribution in [0, 0.1) is 5.82 Å². The molecule has 0 bridgehead atoms. The van der Waals surface area contributed by atoms with Gasteiger partial charge in [0.25, 0.3) is 5.91 Å². The molecule has 4 heteroatoms. The number of benzene rings is 1. The van der Waals surface area contributed by atoms with Gasteiger partial charge >= 0.3 is 0 Å². The first-order valence-corrected chi connectivity index (χ1v) is 7.71. The van der Waals surface area contributed by atoms with Crippen molar-refractivity contribution in [2.24, 2.45) is 7.05 Å². The predicted molar refractivity (Wildman–Crippen MR) is 81.8 cm³/mol. The predicted octanol–water partition coefficient (Wildman–Crippen LogP) is 3.77. The average Bonchev–Trinajstić information content (AvgIpc) is 2.65. The third-order valence-corrected chi connectivity index (χ3v) is 4.43. The largest absolute Gasteiger partial charge is 0.348 e. The molecule has 0 aliphatic heterocycles. The summed E-state index contributed by atoms with van der Waals surface area (Å²) in [5.41, 5.74) is 1.35. The summed E-state index contributed by atoms with van der Waals surface area (Å²) < 4.78 is 15.1. The standard InChI is InChI=1S/C17H21FN2O/c1-20-15-11-13(18)9-8-12(15)10-16(20)17(21)19-14-6-4-2-3-5-7-14/h8-11,14H,2-7H2,1H3,(H,19,21). The van der Waals surface area contributed by atoms with Crippen molar-refractivity contribution >= 4 is 16.8 Å². The number of amides is 1. The first-order valence-electron chi connectivity index (χ1n) is 7.71. The lowest BCUT2D eigenvalue weighted by molar-refractivity contribution is 0.0925. The second-order valence-corrected chi connectivity index (χ2v) is 5.95. The highest BCUT2D eigenvalue weighted by molar-refractivity contribution is 5.98. The number of carbonyl (C=O) groups excluding carboxylic acids is 1. The van der Waals surface area contributed by atoms with Gasteiger partial charge in [0.05, 0.1) is 5.52 Å². The molecule has 1 heterocycles. The number of nitrogens with one attached hydrogen (secondary N) is 1. The highest BCUT2D eigenvalue weighted by Crippen LogP contribution is 2.21. The van der Waals surface area contributed by atoms with Crippen LogP contribution in [0.2, 0.25) is 0 Å². The lowest BCUT2D eigenvalue weighted by Gasteiger charge is -2.16. The maximum absolute atomic E-state index is 13.3. The summed E-state index contributed by atoms with van der Waals surface area (Å²) in [5.74, 6) is -0.333. The van der Waals surface area contributed by atoms with Gasteiger partial charge in [-0.2, -0.15) is 0 Å². The van der Waals surface area contributed by atoms with Gasteiger partial charge in [0.15, 0.2) is 0 Å². The number of hydrogen-bond donors (Lipinski definition) is 1. The Hall–Kier alpha value is -1.84. The van der Waals surface area contributed by atoms with Crippen LogP contribution in [-0.2, 0) is 7.05 Å². The van der Waals surface area contributed by atoms with Crippen molar-refractivity contribution in [2.45, 2.75) is 44.6 Å². The molecular formula is C17H21FN2O. The monoisotopic (exact) mass is 288 g/mol. The lowest BCUT2D eigenvalue weighted by atomic mass is 10.1. The Balaban J connectivity index is 1.82. The molecule has 0 saturated heterocycles. The number of fused-ring (bicyclic) bond motifs is 1. The molecule has 112 valence electrons. The van der Waals surface area contributed by atoms with E-state index >= 15 is 0 Å². The van der Waals surface area contributed by atoms with E-state index in [1.807, 2.05) is 13.1 Å². The van der Waals surface area contributed by atoms with Crippen LogP contribution in [0.15, 0.2) is 24.3 Å². The van der Waals surface area contributed by atoms with E-state index in [9.17, 15) is 9.18 Å². The van der Waals surface area contributed by atoms with Gasteiger partial charge in [-0.1, -0.05) is 25.7 Å². The third kappa shape index (κ3) is 2.94. The van der Waals surface area contributed by atoms with Gasteiger partial charge in [0, 0.05) is 18.5 Å². The zero-order chi connectivity index (χ0) is 14.8. The molecule has 1 aliphatic rings. The van der Waals surface area contributed by atoms with Gasteiger partial charge in [-0.15, -0.1) is 0 Å². The van der Waals surface area contributed by atoms with E-state index in [0.29, 0.717) is 5.69 Å². The normalized spacial score (nSPS) is 16.9. The Kier molecular flexibility index (Phi) is 3.95. The Morgan fingerprint density at radius 1 is 1.19 bits per heavy atom. The fourth-order valence-electron chi connectivity index (χ4n) is 3.20. The highest BCUT2D eigenvalue weighted by atomic mass is 19.1. The maximum Gasteiger partial charge on any atom is 0.268 e. The Morgan fingerprint density at radius 3 is 2.62 bits per heavy atom. The molecule has 21 heavy (non-hydrogen) atoms. The van der Waals surface area contributed by atoms with Crippen LogP contribution in [0.25, 0.3) is 10.9 Å². The summed E-state index contributed by atoms with van der Waals surface area (Å²) in [6, 6.07) is 6.72. The van der Waals surface area contributed by atoms with Crippen LogP contribution in [0.3, 0.4) is 0 Å². The van der Waals surface area contributed by atoms with Crippen LogP contribution < -0.4 is 5.32 Å². The van der Waals surface area contributed by atoms with E-state index in [4.69, 9.17) is 0 Å². The van der Waals surface area contributed by atoms with Crippen molar-refractivity contribution in [2.75, 3.05) is 0 Å². The van der Waals surface area contributed by atoms with Crippen LogP contribution in [0.5, 0.6) is 0 Å². The summed E-state index contributed by atoms with van der Waals surface area (Å²) in [5, 5.41) is 4.03. The molecule has 3 rings (SSSR count). The summed E-state index contributed by atoms with van der Waals surface area (Å²) >= 11 is 0. The van der Waals surface area contributed by atoms with Crippen molar-refractivity contribution in [3.8, 4) is 0 Å². The van der Waals surface area contributed by atoms with Crippen molar-refractivity contribution in [1.82, 2.24) is 9.88 Å². The summed E-state index contributed by atoms with van der Waals surface area (Å²) in [4.78, 5) is 12.5. The Labute approximate surface area is 124 Å². The Morgan fingerprint density at radius 2 is 1.90 bits per heavy atom. The van der Waals surface area contributed by atoms with Crippen molar-refractivity contribution in [3.05, 3.63) is 35.8 Å². The van der Waals surface area contributed by atoms with Gasteiger partial charge in [0.1, 0.15) is 11.5 Å². The van der Waals surface area contributed by atoms with Crippen LogP contribution in [0.4, 0.5) is 4.39 Å². The molecule has 1 amide bonds. The molecule has 0 unspecified atom stereocenters. The SMILES string of the molecule is Cn1c(C(=O)NC2CCCCCC2)cc2ccc(F)cc21. The summed E-state index contributed by atoms with van der Waals surface area (Å²) in [6.45, 7) is 0. The summed E-state index contributed by atoms with van der Waals surface area (Å²) in [6.07, 6.45) is 7.02. The molecule has 1 aromatic carbocycles. The van der Waals surface area contributed by atoms with E-state index in [1.54, 1.807) is 10.6 Å². The summed E-state index contributed by atoms with van der Waals surface area (Å²) in [7, 11) is 1.81. The average molecular weight is 288 g/mol. The molecule has 1 saturated carbocycles. The number of aryl methyl sites for hydroxylation is 1. The molecule has 0 spiro atoms. The van der Waals surface area contributed by atoms with Gasteiger partial charge < -0.3 is 9.88 Å². The fraction of sp³-hybridized carbons (Fsp3) is 0.471. The molecule has 1 fully saturated rings. The first kappa shape index (κ1) is 14.1. The number of aromatic nitrogens is 1. The van der Waals surface area contributed by atoms with Crippen molar-refractivity contribution in [1.29, 1.82) is 0 Å². The smallest absolute Gasteiger partial charge is 0.268 e. The fourth-order valence-corrected chi connectivity index (χ4v) is 3.20. The molecule has 0 atom stereocenters. The molecule has 2 aromatic rings. The minimum atomic E-state index is -0.278. The molecule has 0 radical (unpaired) electrons. The third-order valence-electron chi connectivity index (χ3n) is 4.43. The minimum Gasteiger partial charge on any atom is -0.348 e. The molecule has 1 aliphatic carbocycles. The van der Waals surface area contributed by atoms with E-state index in [2.05, 4.69) is 5.32 Å². The molecule has 1 N–H and O–H groups in total. The van der Waals surface area contributed by atoms with E-state index in [0.717, 1.165) is 23.7 Å². The van der Waals surface area contributed by atoms with E-state index in [1.165, 1.54) is 37.8 Å². The Bertz CT molecular complexity index is 654. The van der Waals surface area contributed by atoms with Gasteiger partial charge in [0.2, 0.25) is 0 Å². The second-order valence-electron chi connectivity index (χ2n) is 5.95. The van der Waals surface area contributed by atoms with Crippen LogP contribution in [-0.4, -0.2) is 16.5 Å². The number of rotatable bonds is 2. The highest BCUT2D eigenvalue weighted by Gasteiger charge is 2.18. The maximum atomic E-state index is 13.3. The zero-order valence-electron chi connectivity index (χ0n) is 12.4. The van der Waals surface area contributed by atoms with Crippen molar-refractivity contribution in [3.63, 3.8) is 0 Å². The molecular weight excluding hydrogens is 267 g/mol. The quantitative estimate of drug-likeness (QED) is 0.839. The van der Waals surface area contributed by atoms with Crippen LogP contribution in [0.1, 0.15) is 49.0 Å². The second kappa shape index (κ2) is 5.88. The number of carbonyl (C=O) groups is 1. The van der Waals surface area contributed by atoms with Gasteiger partial charge in [-0.3, -0.25) is 4.79 Å². The minimum absolute atomic E-state index is 0.0546. The topological polar surface area (TPSA) is 34.0 Å². The van der Waals surface area contributed by atoms with Gasteiger partial charge in [-0.25, -0.2) is 4.39 Å². The number of hydrogen-bond acceptors (Lipinski definition) is 1. The van der Waals surface area contributed by atoms with Crippen LogP contribution >= 0.6 is 0 Å². The van der Waals surface area contributed by atoms with E-state index < -0.39 is 0 Å². The number of nitrogens with zero attached hydrogens (tertiary/aromatic N) is 1. The number of halogens is 1. The van der Waals surface area contributed by atoms with Gasteiger partial charge in [-0.05, 0) is 37.1 Å². The zero-order valence-corrected chi connectivity index (χ0v) is 12.4. The molecule has 1 aromatic heterocycles. The van der Waals surface area contributed by atoms with E-state index in [-0.39, 0.29) is 17.8 Å². The van der Waals surface area contributed by atoms with Crippen molar-refractivity contribution < 1.29 is 9.18 Å². The molecule has 3 nitrogen and oxygen atoms in total.